The molecule has 0 saturated heterocycles. The Balaban J connectivity index is 1.97. The molecule has 0 aliphatic rings. The van der Waals surface area contributed by atoms with Crippen LogP contribution in [0.5, 0.6) is 0 Å². The second-order valence-corrected chi connectivity index (χ2v) is 7.46. The fourth-order valence-corrected chi connectivity index (χ4v) is 4.16. The number of nitrogens with one attached hydrogen (secondary N) is 1. The van der Waals surface area contributed by atoms with Gasteiger partial charge in [-0.3, -0.25) is 9.59 Å². The van der Waals surface area contributed by atoms with Crippen molar-refractivity contribution in [3.8, 4) is 10.4 Å². The van der Waals surface area contributed by atoms with Crippen LogP contribution in [-0.2, 0) is 0 Å². The second kappa shape index (κ2) is 6.78. The third kappa shape index (κ3) is 3.44. The highest BCUT2D eigenvalue weighted by Gasteiger charge is 2.19. The van der Waals surface area contributed by atoms with E-state index in [0.717, 1.165) is 14.9 Å². The van der Waals surface area contributed by atoms with E-state index in [1.54, 1.807) is 11.4 Å². The van der Waals surface area contributed by atoms with Crippen LogP contribution < -0.4 is 5.32 Å². The molecule has 1 amide bonds. The number of hydrogen-bond donors (Lipinski definition) is 1. The van der Waals surface area contributed by atoms with Crippen molar-refractivity contribution in [3.63, 3.8) is 0 Å². The Bertz CT molecular complexity index is 851. The van der Waals surface area contributed by atoms with Gasteiger partial charge >= 0.3 is 0 Å². The van der Waals surface area contributed by atoms with Crippen molar-refractivity contribution in [1.29, 1.82) is 0 Å². The van der Waals surface area contributed by atoms with Gasteiger partial charge < -0.3 is 5.32 Å². The van der Waals surface area contributed by atoms with Crippen molar-refractivity contribution in [3.05, 3.63) is 62.1 Å². The number of Topliss-reactive ketones (excluding diaryl/α,β-unsaturated/α-hetero) is 1. The molecule has 2 aromatic heterocycles. The van der Waals surface area contributed by atoms with E-state index < -0.39 is 0 Å². The Hall–Kier alpha value is -1.76. The molecule has 3 nitrogen and oxygen atoms in total. The predicted octanol–water partition coefficient (Wildman–Crippen LogP) is 5.69. The number of carbonyl (C=O) groups is 2. The van der Waals surface area contributed by atoms with Gasteiger partial charge in [-0.1, -0.05) is 28.1 Å². The molecule has 116 valence electrons. The molecule has 0 unspecified atom stereocenters. The molecular weight excluding hydrogens is 394 g/mol. The van der Waals surface area contributed by atoms with Crippen LogP contribution in [0.4, 0.5) is 5.69 Å². The lowest BCUT2D eigenvalue weighted by molar-refractivity contribution is 0.101. The molecule has 0 spiro atoms. The zero-order chi connectivity index (χ0) is 16.4. The quantitative estimate of drug-likeness (QED) is 0.566. The average Bonchev–Trinajstić information content (AvgIpc) is 3.17. The fraction of sp³-hybridized carbons (Fsp3) is 0.0588. The highest BCUT2D eigenvalue weighted by atomic mass is 79.9. The van der Waals surface area contributed by atoms with Gasteiger partial charge in [0.2, 0.25) is 0 Å². The lowest BCUT2D eigenvalue weighted by Crippen LogP contribution is -2.12. The molecule has 0 bridgehead atoms. The van der Waals surface area contributed by atoms with Crippen LogP contribution in [0.2, 0.25) is 0 Å². The zero-order valence-corrected chi connectivity index (χ0v) is 15.3. The Labute approximate surface area is 150 Å². The number of ketones is 1. The zero-order valence-electron chi connectivity index (χ0n) is 12.1. The Morgan fingerprint density at radius 3 is 2.43 bits per heavy atom. The molecule has 0 radical (unpaired) electrons. The third-order valence-electron chi connectivity index (χ3n) is 3.28. The van der Waals surface area contributed by atoms with E-state index in [4.69, 9.17) is 0 Å². The lowest BCUT2D eigenvalue weighted by Gasteiger charge is -2.06. The highest BCUT2D eigenvalue weighted by Crippen LogP contribution is 2.37. The van der Waals surface area contributed by atoms with Gasteiger partial charge in [0.15, 0.2) is 5.78 Å². The summed E-state index contributed by atoms with van der Waals surface area (Å²) in [5, 5.41) is 8.29. The number of thiophene rings is 2. The SMILES string of the molecule is CC(=O)c1c(NC(=O)c2ccsc2)csc1-c1ccc(Br)cc1. The van der Waals surface area contributed by atoms with Gasteiger partial charge in [0.25, 0.3) is 5.91 Å². The number of rotatable bonds is 4. The fourth-order valence-electron chi connectivity index (χ4n) is 2.20. The number of hydrogen-bond acceptors (Lipinski definition) is 4. The van der Waals surface area contributed by atoms with E-state index in [1.807, 2.05) is 35.0 Å². The smallest absolute Gasteiger partial charge is 0.256 e. The van der Waals surface area contributed by atoms with E-state index in [-0.39, 0.29) is 11.7 Å². The molecule has 0 aliphatic carbocycles. The summed E-state index contributed by atoms with van der Waals surface area (Å²) in [7, 11) is 0. The summed E-state index contributed by atoms with van der Waals surface area (Å²) in [5.74, 6) is -0.265. The minimum atomic E-state index is -0.200. The summed E-state index contributed by atoms with van der Waals surface area (Å²) >= 11 is 6.32. The van der Waals surface area contributed by atoms with Crippen LogP contribution in [-0.4, -0.2) is 11.7 Å². The van der Waals surface area contributed by atoms with E-state index >= 15 is 0 Å². The molecule has 0 fully saturated rings. The summed E-state index contributed by atoms with van der Waals surface area (Å²) in [5.41, 5.74) is 2.68. The molecule has 6 heteroatoms. The maximum atomic E-state index is 12.2. The van der Waals surface area contributed by atoms with Crippen molar-refractivity contribution in [2.24, 2.45) is 0 Å². The first-order chi connectivity index (χ1) is 11.1. The number of carbonyl (C=O) groups excluding carboxylic acids is 2. The van der Waals surface area contributed by atoms with Crippen LogP contribution in [0.15, 0.2) is 50.9 Å². The summed E-state index contributed by atoms with van der Waals surface area (Å²) in [6, 6.07) is 9.53. The molecule has 2 heterocycles. The van der Waals surface area contributed by atoms with Crippen LogP contribution in [0.3, 0.4) is 0 Å². The maximum absolute atomic E-state index is 12.2. The summed E-state index contributed by atoms with van der Waals surface area (Å²) < 4.78 is 0.980. The maximum Gasteiger partial charge on any atom is 0.256 e. The Morgan fingerprint density at radius 2 is 1.83 bits per heavy atom. The number of benzene rings is 1. The largest absolute Gasteiger partial charge is 0.321 e. The van der Waals surface area contributed by atoms with Gasteiger partial charge in [0.1, 0.15) is 0 Å². The van der Waals surface area contributed by atoms with E-state index in [1.165, 1.54) is 29.6 Å². The standard InChI is InChI=1S/C17H12BrNO2S2/c1-10(20)15-14(19-17(21)12-6-7-22-8-12)9-23-16(15)11-2-4-13(18)5-3-11/h2-9H,1H3,(H,19,21). The first-order valence-corrected chi connectivity index (χ1v) is 9.39. The molecule has 1 N–H and O–H groups in total. The van der Waals surface area contributed by atoms with E-state index in [2.05, 4.69) is 21.2 Å². The topological polar surface area (TPSA) is 46.2 Å². The van der Waals surface area contributed by atoms with Gasteiger partial charge in [-0.15, -0.1) is 11.3 Å². The number of amides is 1. The van der Waals surface area contributed by atoms with Gasteiger partial charge in [-0.25, -0.2) is 0 Å². The predicted molar refractivity (Wildman–Crippen MR) is 99.7 cm³/mol. The summed E-state index contributed by atoms with van der Waals surface area (Å²) in [4.78, 5) is 25.2. The van der Waals surface area contributed by atoms with Gasteiger partial charge in [0, 0.05) is 20.1 Å². The molecule has 0 saturated carbocycles. The van der Waals surface area contributed by atoms with Crippen LogP contribution in [0, 0.1) is 0 Å². The van der Waals surface area contributed by atoms with E-state index in [9.17, 15) is 9.59 Å². The van der Waals surface area contributed by atoms with Crippen molar-refractivity contribution in [1.82, 2.24) is 0 Å². The third-order valence-corrected chi connectivity index (χ3v) is 5.52. The molecule has 3 rings (SSSR count). The molecule has 1 aromatic carbocycles. The molecule has 23 heavy (non-hydrogen) atoms. The van der Waals surface area contributed by atoms with Crippen molar-refractivity contribution >= 4 is 56.0 Å². The molecule has 0 atom stereocenters. The van der Waals surface area contributed by atoms with Crippen molar-refractivity contribution in [2.45, 2.75) is 6.92 Å². The highest BCUT2D eigenvalue weighted by molar-refractivity contribution is 9.10. The van der Waals surface area contributed by atoms with Gasteiger partial charge in [0.05, 0.1) is 16.8 Å². The van der Waals surface area contributed by atoms with Gasteiger partial charge in [-0.2, -0.15) is 11.3 Å². The van der Waals surface area contributed by atoms with Gasteiger partial charge in [-0.05, 0) is 36.1 Å². The molecule has 0 aliphatic heterocycles. The minimum Gasteiger partial charge on any atom is -0.321 e. The monoisotopic (exact) mass is 405 g/mol. The Morgan fingerprint density at radius 1 is 1.09 bits per heavy atom. The second-order valence-electron chi connectivity index (χ2n) is 4.88. The Kier molecular flexibility index (Phi) is 4.75. The number of anilines is 1. The van der Waals surface area contributed by atoms with E-state index in [0.29, 0.717) is 16.8 Å². The minimum absolute atomic E-state index is 0.0650. The summed E-state index contributed by atoms with van der Waals surface area (Å²) in [6.07, 6.45) is 0. The lowest BCUT2D eigenvalue weighted by atomic mass is 10.1. The molecular formula is C17H12BrNO2S2. The number of halogens is 1. The van der Waals surface area contributed by atoms with Crippen LogP contribution in [0.1, 0.15) is 27.6 Å². The van der Waals surface area contributed by atoms with Crippen LogP contribution in [0.25, 0.3) is 10.4 Å². The van der Waals surface area contributed by atoms with Crippen molar-refractivity contribution in [2.75, 3.05) is 5.32 Å². The first kappa shape index (κ1) is 16.1. The molecule has 3 aromatic rings. The first-order valence-electron chi connectivity index (χ1n) is 6.78. The average molecular weight is 406 g/mol. The normalized spacial score (nSPS) is 10.5. The van der Waals surface area contributed by atoms with Crippen molar-refractivity contribution < 1.29 is 9.59 Å². The summed E-state index contributed by atoms with van der Waals surface area (Å²) in [6.45, 7) is 1.52. The van der Waals surface area contributed by atoms with Crippen LogP contribution >= 0.6 is 38.6 Å².